The molecule has 3 rings (SSSR count). The van der Waals surface area contributed by atoms with Crippen LogP contribution in [0.15, 0.2) is 29.0 Å². The predicted octanol–water partition coefficient (Wildman–Crippen LogP) is 4.33. The Hall–Kier alpha value is -2.55. The number of nitrogens with one attached hydrogen (secondary N) is 1. The molecule has 2 heterocycles. The van der Waals surface area contributed by atoms with Gasteiger partial charge in [-0.3, -0.25) is 10.00 Å². The van der Waals surface area contributed by atoms with E-state index in [9.17, 15) is 9.59 Å². The molecule has 1 aromatic carbocycles. The number of fused-ring (bicyclic) bond motifs is 1. The van der Waals surface area contributed by atoms with Crippen LogP contribution in [0.1, 0.15) is 50.5 Å². The molecule has 0 fully saturated rings. The molecule has 0 unspecified atom stereocenters. The Labute approximate surface area is 171 Å². The predicted molar refractivity (Wildman–Crippen MR) is 105 cm³/mol. The van der Waals surface area contributed by atoms with Crippen LogP contribution in [0.2, 0.25) is 0 Å². The molecule has 2 aromatic rings. The number of esters is 1. The molecule has 0 atom stereocenters. The molecule has 1 aromatic heterocycles. The van der Waals surface area contributed by atoms with Gasteiger partial charge in [-0.25, -0.2) is 9.59 Å². The smallest absolute Gasteiger partial charge is 0.412 e. The molecule has 0 saturated heterocycles. The van der Waals surface area contributed by atoms with Gasteiger partial charge in [0.25, 0.3) is 0 Å². The van der Waals surface area contributed by atoms with E-state index in [1.807, 2.05) is 6.07 Å². The number of cyclic esters (lactones) is 1. The lowest BCUT2D eigenvalue weighted by atomic mass is 10.0. The van der Waals surface area contributed by atoms with Crippen LogP contribution in [-0.4, -0.2) is 33.2 Å². The Morgan fingerprint density at radius 1 is 1.32 bits per heavy atom. The molecule has 1 aliphatic rings. The van der Waals surface area contributed by atoms with Crippen LogP contribution in [0.25, 0.3) is 0 Å². The minimum atomic E-state index is -1.04. The van der Waals surface area contributed by atoms with Crippen molar-refractivity contribution < 1.29 is 23.8 Å². The third-order valence-corrected chi connectivity index (χ3v) is 4.32. The van der Waals surface area contributed by atoms with Crippen LogP contribution in [0.5, 0.6) is 5.75 Å². The number of hydrogen-bond donors (Lipinski definition) is 1. The van der Waals surface area contributed by atoms with E-state index in [2.05, 4.69) is 26.3 Å². The third-order valence-electron chi connectivity index (χ3n) is 3.70. The van der Waals surface area contributed by atoms with E-state index in [0.29, 0.717) is 33.6 Å². The fourth-order valence-corrected chi connectivity index (χ4v) is 3.12. The summed E-state index contributed by atoms with van der Waals surface area (Å²) >= 11 is 3.42. The second-order valence-corrected chi connectivity index (χ2v) is 8.71. The van der Waals surface area contributed by atoms with E-state index in [1.165, 1.54) is 6.20 Å². The van der Waals surface area contributed by atoms with Gasteiger partial charge in [0.1, 0.15) is 11.2 Å². The van der Waals surface area contributed by atoms with Gasteiger partial charge in [-0.05, 0) is 48.3 Å². The van der Waals surface area contributed by atoms with Crippen molar-refractivity contribution in [3.8, 4) is 5.75 Å². The Morgan fingerprint density at radius 3 is 2.71 bits per heavy atom. The molecule has 0 bridgehead atoms. The Kier molecular flexibility index (Phi) is 5.14. The van der Waals surface area contributed by atoms with Gasteiger partial charge in [0.15, 0.2) is 5.75 Å². The maximum absolute atomic E-state index is 12.5. The normalized spacial score (nSPS) is 15.3. The van der Waals surface area contributed by atoms with Crippen LogP contribution in [0.4, 0.5) is 10.5 Å². The molecule has 8 nitrogen and oxygen atoms in total. The lowest BCUT2D eigenvalue weighted by Gasteiger charge is -2.33. The molecular formula is C19H22BrN3O5. The van der Waals surface area contributed by atoms with Crippen LogP contribution < -0.4 is 10.1 Å². The highest BCUT2D eigenvalue weighted by Crippen LogP contribution is 2.39. The molecular weight excluding hydrogens is 430 g/mol. The Bertz CT molecular complexity index is 930. The standard InChI is InChI=1S/C19H22BrN3O5/c1-18(2,3)28-17(25)22-12-8-21-23(10-12)9-11-6-7-13(20)15-14(11)16(24)27-19(4,5)26-15/h6-8,10H,9H2,1-5H3,(H,22,25). The van der Waals surface area contributed by atoms with Gasteiger partial charge >= 0.3 is 12.1 Å². The van der Waals surface area contributed by atoms with Gasteiger partial charge in [-0.1, -0.05) is 6.07 Å². The number of ether oxygens (including phenoxy) is 3. The Morgan fingerprint density at radius 2 is 2.04 bits per heavy atom. The summed E-state index contributed by atoms with van der Waals surface area (Å²) in [7, 11) is 0. The van der Waals surface area contributed by atoms with Crippen LogP contribution >= 0.6 is 15.9 Å². The fraction of sp³-hybridized carbons (Fsp3) is 0.421. The Balaban J connectivity index is 1.80. The molecule has 150 valence electrons. The minimum absolute atomic E-state index is 0.296. The van der Waals surface area contributed by atoms with Crippen molar-refractivity contribution in [1.29, 1.82) is 0 Å². The second-order valence-electron chi connectivity index (χ2n) is 7.86. The molecule has 1 aliphatic heterocycles. The number of carbonyl (C=O) groups is 2. The minimum Gasteiger partial charge on any atom is -0.451 e. The molecule has 0 saturated carbocycles. The van der Waals surface area contributed by atoms with Gasteiger partial charge in [-0.15, -0.1) is 0 Å². The van der Waals surface area contributed by atoms with E-state index >= 15 is 0 Å². The summed E-state index contributed by atoms with van der Waals surface area (Å²) in [4.78, 5) is 24.4. The van der Waals surface area contributed by atoms with Gasteiger partial charge in [0.2, 0.25) is 5.79 Å². The molecule has 1 amide bonds. The first-order valence-electron chi connectivity index (χ1n) is 8.70. The summed E-state index contributed by atoms with van der Waals surface area (Å²) in [6.07, 6.45) is 2.59. The summed E-state index contributed by atoms with van der Waals surface area (Å²) in [6.45, 7) is 9.01. The highest BCUT2D eigenvalue weighted by atomic mass is 79.9. The first-order valence-corrected chi connectivity index (χ1v) is 9.49. The van der Waals surface area contributed by atoms with Crippen LogP contribution in [0, 0.1) is 0 Å². The first-order chi connectivity index (χ1) is 12.9. The average molecular weight is 452 g/mol. The number of rotatable bonds is 3. The van der Waals surface area contributed by atoms with Crippen LogP contribution in [-0.2, 0) is 16.0 Å². The summed E-state index contributed by atoms with van der Waals surface area (Å²) < 4.78 is 18.7. The largest absolute Gasteiger partial charge is 0.451 e. The van der Waals surface area contributed by atoms with E-state index < -0.39 is 23.5 Å². The summed E-state index contributed by atoms with van der Waals surface area (Å²) in [6, 6.07) is 3.61. The zero-order valence-electron chi connectivity index (χ0n) is 16.3. The number of anilines is 1. The molecule has 0 spiro atoms. The number of hydrogen-bond acceptors (Lipinski definition) is 6. The topological polar surface area (TPSA) is 91.7 Å². The maximum Gasteiger partial charge on any atom is 0.412 e. The lowest BCUT2D eigenvalue weighted by Crippen LogP contribution is -2.39. The number of amides is 1. The second kappa shape index (κ2) is 7.12. The van der Waals surface area contributed by atoms with Crippen molar-refractivity contribution in [3.05, 3.63) is 40.1 Å². The summed E-state index contributed by atoms with van der Waals surface area (Å²) in [5.41, 5.74) is 0.932. The van der Waals surface area contributed by atoms with Crippen LogP contribution in [0.3, 0.4) is 0 Å². The molecule has 9 heteroatoms. The number of halogens is 1. The molecule has 1 N–H and O–H groups in total. The third kappa shape index (κ3) is 4.64. The van der Waals surface area contributed by atoms with E-state index in [0.717, 1.165) is 0 Å². The van der Waals surface area contributed by atoms with Crippen molar-refractivity contribution in [3.63, 3.8) is 0 Å². The maximum atomic E-state index is 12.5. The first kappa shape index (κ1) is 20.2. The van der Waals surface area contributed by atoms with Crippen molar-refractivity contribution in [2.24, 2.45) is 0 Å². The summed E-state index contributed by atoms with van der Waals surface area (Å²) in [5, 5.41) is 6.86. The van der Waals surface area contributed by atoms with E-state index in [4.69, 9.17) is 14.2 Å². The van der Waals surface area contributed by atoms with Gasteiger partial charge in [-0.2, -0.15) is 5.10 Å². The van der Waals surface area contributed by atoms with Crippen molar-refractivity contribution in [2.45, 2.75) is 52.6 Å². The molecule has 0 radical (unpaired) electrons. The highest BCUT2D eigenvalue weighted by Gasteiger charge is 2.36. The van der Waals surface area contributed by atoms with Gasteiger partial charge < -0.3 is 14.2 Å². The SMILES string of the molecule is CC(C)(C)OC(=O)Nc1cnn(Cc2ccc(Br)c3c2C(=O)OC(C)(C)O3)c1. The van der Waals surface area contributed by atoms with E-state index in [1.54, 1.807) is 51.6 Å². The average Bonchev–Trinajstić information content (AvgIpc) is 2.94. The number of aromatic nitrogens is 2. The quantitative estimate of drug-likeness (QED) is 0.698. The van der Waals surface area contributed by atoms with Gasteiger partial charge in [0.05, 0.1) is 22.9 Å². The van der Waals surface area contributed by atoms with Crippen molar-refractivity contribution in [2.75, 3.05) is 5.32 Å². The number of nitrogens with zero attached hydrogens (tertiary/aromatic N) is 2. The van der Waals surface area contributed by atoms with E-state index in [-0.39, 0.29) is 0 Å². The van der Waals surface area contributed by atoms with Crippen molar-refractivity contribution in [1.82, 2.24) is 9.78 Å². The van der Waals surface area contributed by atoms with Crippen molar-refractivity contribution >= 4 is 33.7 Å². The lowest BCUT2D eigenvalue weighted by molar-refractivity contribution is -0.127. The molecule has 28 heavy (non-hydrogen) atoms. The highest BCUT2D eigenvalue weighted by molar-refractivity contribution is 9.10. The zero-order valence-corrected chi connectivity index (χ0v) is 17.9. The zero-order chi connectivity index (χ0) is 20.7. The summed E-state index contributed by atoms with van der Waals surface area (Å²) in [5.74, 6) is -1.05. The fourth-order valence-electron chi connectivity index (χ4n) is 2.70. The van der Waals surface area contributed by atoms with Gasteiger partial charge in [0, 0.05) is 20.0 Å². The monoisotopic (exact) mass is 451 g/mol. The number of carbonyl (C=O) groups excluding carboxylic acids is 2. The number of benzene rings is 1. The molecule has 0 aliphatic carbocycles.